The molecule has 1 N–H and O–H groups in total. The van der Waals surface area contributed by atoms with Crippen LogP contribution in [0.25, 0.3) is 11.1 Å². The van der Waals surface area contributed by atoms with E-state index in [-0.39, 0.29) is 11.3 Å². The van der Waals surface area contributed by atoms with Crippen molar-refractivity contribution < 1.29 is 14.3 Å². The molecule has 0 saturated carbocycles. The number of nitrogens with zero attached hydrogens (tertiary/aromatic N) is 6. The molecule has 3 heterocycles. The smallest absolute Gasteiger partial charge is 0.322 e. The van der Waals surface area contributed by atoms with Crippen molar-refractivity contribution in [2.24, 2.45) is 4.99 Å². The van der Waals surface area contributed by atoms with Crippen LogP contribution in [0.2, 0.25) is 0 Å². The van der Waals surface area contributed by atoms with Gasteiger partial charge in [0.15, 0.2) is 0 Å². The lowest BCUT2D eigenvalue weighted by Crippen LogP contribution is -2.35. The van der Waals surface area contributed by atoms with Gasteiger partial charge in [0.2, 0.25) is 11.8 Å². The fraction of sp³-hybridized carbons (Fsp3) is 0.280. The molecular formula is C25H27N7O2. The Labute approximate surface area is 198 Å². The second-order valence-electron chi connectivity index (χ2n) is 9.08. The largest absolute Gasteiger partial charge is 0.846 e. The Balaban J connectivity index is 1.43. The second-order valence-corrected chi connectivity index (χ2v) is 9.08. The highest BCUT2D eigenvalue weighted by atomic mass is 16.5. The molecular weight excluding hydrogens is 430 g/mol. The summed E-state index contributed by atoms with van der Waals surface area (Å²) in [6, 6.07) is 11.1. The van der Waals surface area contributed by atoms with Crippen LogP contribution >= 0.6 is 0 Å². The van der Waals surface area contributed by atoms with Gasteiger partial charge in [-0.15, -0.1) is 0 Å². The zero-order chi connectivity index (χ0) is 24.3. The van der Waals surface area contributed by atoms with Gasteiger partial charge in [-0.1, -0.05) is 45.0 Å². The van der Waals surface area contributed by atoms with Crippen LogP contribution in [0.15, 0.2) is 64.6 Å². The van der Waals surface area contributed by atoms with E-state index in [9.17, 15) is 5.11 Å². The van der Waals surface area contributed by atoms with Crippen LogP contribution in [-0.2, 0) is 12.0 Å². The molecule has 0 unspecified atom stereocenters. The lowest BCUT2D eigenvalue weighted by molar-refractivity contribution is -0.754. The van der Waals surface area contributed by atoms with Crippen LogP contribution in [0.4, 0.5) is 11.6 Å². The van der Waals surface area contributed by atoms with Crippen LogP contribution in [0.5, 0.6) is 0 Å². The third kappa shape index (κ3) is 5.43. The molecule has 34 heavy (non-hydrogen) atoms. The molecule has 1 aromatic carbocycles. The number of aliphatic imine (C=N–C) groups is 1. The molecule has 0 amide bonds. The van der Waals surface area contributed by atoms with Crippen molar-refractivity contribution in [2.75, 3.05) is 5.32 Å². The van der Waals surface area contributed by atoms with Crippen molar-refractivity contribution in [1.29, 1.82) is 0 Å². The van der Waals surface area contributed by atoms with Crippen molar-refractivity contribution in [3.8, 4) is 11.1 Å². The Morgan fingerprint density at radius 2 is 1.76 bits per heavy atom. The summed E-state index contributed by atoms with van der Waals surface area (Å²) < 4.78 is 6.79. The van der Waals surface area contributed by atoms with E-state index in [1.807, 2.05) is 44.2 Å². The van der Waals surface area contributed by atoms with Crippen LogP contribution in [-0.4, -0.2) is 26.2 Å². The quantitative estimate of drug-likeness (QED) is 0.278. The Bertz CT molecular complexity index is 1300. The molecule has 9 heteroatoms. The normalized spacial score (nSPS) is 12.1. The molecule has 174 valence electrons. The van der Waals surface area contributed by atoms with E-state index in [1.165, 1.54) is 0 Å². The number of anilines is 1. The zero-order valence-electron chi connectivity index (χ0n) is 19.9. The minimum atomic E-state index is -0.547. The van der Waals surface area contributed by atoms with E-state index >= 15 is 0 Å². The Kier molecular flexibility index (Phi) is 6.36. The number of nitrogens with one attached hydrogen (secondary N) is 1. The second kappa shape index (κ2) is 9.38. The van der Waals surface area contributed by atoms with Crippen molar-refractivity contribution >= 4 is 17.6 Å². The van der Waals surface area contributed by atoms with Gasteiger partial charge >= 0.3 is 5.88 Å². The Hall–Kier alpha value is -4.14. The molecule has 0 aliphatic rings. The maximum Gasteiger partial charge on any atom is 0.322 e. The molecule has 0 aliphatic heterocycles. The average molecular weight is 458 g/mol. The average Bonchev–Trinajstić information content (AvgIpc) is 3.21. The van der Waals surface area contributed by atoms with E-state index in [0.717, 1.165) is 33.8 Å². The van der Waals surface area contributed by atoms with E-state index in [1.54, 1.807) is 29.5 Å². The monoisotopic (exact) mass is 457 g/mol. The number of pyridine rings is 1. The molecule has 0 spiro atoms. The van der Waals surface area contributed by atoms with E-state index in [0.29, 0.717) is 12.2 Å². The number of hydrogen-bond acceptors (Lipinski definition) is 7. The fourth-order valence-corrected chi connectivity index (χ4v) is 3.54. The molecule has 0 aliphatic carbocycles. The first-order chi connectivity index (χ1) is 16.2. The van der Waals surface area contributed by atoms with Crippen LogP contribution in [0, 0.1) is 13.8 Å². The topological polar surface area (TPSA) is 116 Å². The van der Waals surface area contributed by atoms with Crippen molar-refractivity contribution in [3.63, 3.8) is 0 Å². The Morgan fingerprint density at radius 1 is 1.06 bits per heavy atom. The maximum atomic E-state index is 12.3. The molecule has 4 rings (SSSR count). The van der Waals surface area contributed by atoms with Gasteiger partial charge in [0.25, 0.3) is 6.20 Å². The third-order valence-corrected chi connectivity index (χ3v) is 5.30. The number of aryl methyl sites for hydroxylation is 2. The highest BCUT2D eigenvalue weighted by molar-refractivity contribution is 5.87. The van der Waals surface area contributed by atoms with Gasteiger partial charge < -0.3 is 10.4 Å². The standard InChI is InChI=1S/C25H27N7O2/c1-16-23(17(2)28-15-27-16)19-8-6-18(7-9-19)13-32-14-22(34-31-32)30-24(33)29-20-10-11-26-21(12-20)25(3,4)5/h6-12,14-15H,13H2,1-5H3,(H-,26,29,30,31,33). The number of aromatic nitrogens is 5. The first-order valence-electron chi connectivity index (χ1n) is 10.9. The van der Waals surface area contributed by atoms with Gasteiger partial charge in [0, 0.05) is 45.5 Å². The lowest BCUT2D eigenvalue weighted by atomic mass is 9.91. The molecule has 3 aromatic heterocycles. The third-order valence-electron chi connectivity index (χ3n) is 5.30. The molecule has 9 nitrogen and oxygen atoms in total. The first-order valence-corrected chi connectivity index (χ1v) is 10.9. The lowest BCUT2D eigenvalue weighted by Gasteiger charge is -2.19. The molecule has 0 atom stereocenters. The van der Waals surface area contributed by atoms with E-state index in [2.05, 4.69) is 51.3 Å². The van der Waals surface area contributed by atoms with Crippen molar-refractivity contribution in [3.05, 3.63) is 77.8 Å². The highest BCUT2D eigenvalue weighted by Gasteiger charge is 2.16. The van der Waals surface area contributed by atoms with Crippen molar-refractivity contribution in [1.82, 2.24) is 20.2 Å². The molecule has 4 aromatic rings. The summed E-state index contributed by atoms with van der Waals surface area (Å²) >= 11 is 0. The first kappa shape index (κ1) is 23.0. The van der Waals surface area contributed by atoms with E-state index in [4.69, 9.17) is 4.52 Å². The predicted molar refractivity (Wildman–Crippen MR) is 126 cm³/mol. The molecule has 0 saturated heterocycles. The van der Waals surface area contributed by atoms with Crippen LogP contribution < -0.4 is 15.1 Å². The van der Waals surface area contributed by atoms with Gasteiger partial charge in [-0.25, -0.2) is 15.0 Å². The van der Waals surface area contributed by atoms with Gasteiger partial charge in [0.05, 0.1) is 6.02 Å². The minimum Gasteiger partial charge on any atom is -0.846 e. The minimum absolute atomic E-state index is 0.118. The van der Waals surface area contributed by atoms with Crippen LogP contribution in [0.3, 0.4) is 0 Å². The number of benzene rings is 1. The summed E-state index contributed by atoms with van der Waals surface area (Å²) in [5, 5.41) is 19.0. The maximum absolute atomic E-state index is 12.3. The summed E-state index contributed by atoms with van der Waals surface area (Å²) in [7, 11) is 0. The summed E-state index contributed by atoms with van der Waals surface area (Å²) in [5.41, 5.74) is 6.38. The summed E-state index contributed by atoms with van der Waals surface area (Å²) in [4.78, 5) is 16.9. The molecule has 0 radical (unpaired) electrons. The van der Waals surface area contributed by atoms with Crippen molar-refractivity contribution in [2.45, 2.75) is 46.6 Å². The van der Waals surface area contributed by atoms with Gasteiger partial charge in [-0.2, -0.15) is 0 Å². The summed E-state index contributed by atoms with van der Waals surface area (Å²) in [6.07, 6.45) is 4.82. The number of rotatable bonds is 5. The van der Waals surface area contributed by atoms with Gasteiger partial charge in [-0.3, -0.25) is 9.51 Å². The van der Waals surface area contributed by atoms with Crippen LogP contribution in [0.1, 0.15) is 43.4 Å². The zero-order valence-corrected chi connectivity index (χ0v) is 19.9. The van der Waals surface area contributed by atoms with E-state index < -0.39 is 6.02 Å². The predicted octanol–water partition coefficient (Wildman–Crippen LogP) is 3.24. The number of hydrogen-bond donors (Lipinski definition) is 1. The number of amidine groups is 1. The van der Waals surface area contributed by atoms with Gasteiger partial charge in [0.1, 0.15) is 6.33 Å². The van der Waals surface area contributed by atoms with Gasteiger partial charge in [-0.05, 0) is 36.2 Å². The SMILES string of the molecule is Cc1ncnc(C)c1-c1ccc(C[n+]2cc(N=C([O-])Nc3ccnc(C(C)(C)C)c3)on2)cc1. The molecule has 0 bridgehead atoms. The summed E-state index contributed by atoms with van der Waals surface area (Å²) in [6.45, 7) is 10.6. The molecule has 0 fully saturated rings. The fourth-order valence-electron chi connectivity index (χ4n) is 3.54. The Morgan fingerprint density at radius 3 is 2.44 bits per heavy atom. The highest BCUT2D eigenvalue weighted by Crippen LogP contribution is 2.25. The summed E-state index contributed by atoms with van der Waals surface area (Å²) in [5.74, 6) is 0.118.